The number of aliphatic hydroxyl groups is 1. The molecule has 20 heavy (non-hydrogen) atoms. The van der Waals surface area contributed by atoms with Gasteiger partial charge in [-0.25, -0.2) is 0 Å². The van der Waals surface area contributed by atoms with Crippen LogP contribution < -0.4 is 10.2 Å². The molecule has 2 unspecified atom stereocenters. The van der Waals surface area contributed by atoms with E-state index in [4.69, 9.17) is 0 Å². The monoisotopic (exact) mass is 274 g/mol. The van der Waals surface area contributed by atoms with Crippen LogP contribution in [0.5, 0.6) is 0 Å². The highest BCUT2D eigenvalue weighted by Gasteiger charge is 2.26. The highest BCUT2D eigenvalue weighted by Crippen LogP contribution is 2.27. The average Bonchev–Trinajstić information content (AvgIpc) is 3.30. The summed E-state index contributed by atoms with van der Waals surface area (Å²) in [5.41, 5.74) is 2.56. The van der Waals surface area contributed by atoms with Gasteiger partial charge in [0.15, 0.2) is 0 Å². The third kappa shape index (κ3) is 3.33. The zero-order valence-electron chi connectivity index (χ0n) is 12.4. The van der Waals surface area contributed by atoms with E-state index >= 15 is 0 Å². The number of hydrogen-bond acceptors (Lipinski definition) is 3. The fraction of sp³-hybridized carbons (Fsp3) is 0.647. The summed E-state index contributed by atoms with van der Waals surface area (Å²) in [5, 5.41) is 13.7. The molecule has 2 fully saturated rings. The Labute approximate surface area is 122 Å². The van der Waals surface area contributed by atoms with E-state index in [1.165, 1.54) is 30.5 Å². The number of nitrogens with zero attached hydrogens (tertiary/aromatic N) is 1. The summed E-state index contributed by atoms with van der Waals surface area (Å²) in [6.45, 7) is 0.973. The highest BCUT2D eigenvalue weighted by atomic mass is 16.3. The molecule has 2 atom stereocenters. The van der Waals surface area contributed by atoms with E-state index in [9.17, 15) is 5.11 Å². The molecule has 0 bridgehead atoms. The van der Waals surface area contributed by atoms with Crippen molar-refractivity contribution in [2.24, 2.45) is 0 Å². The predicted octanol–water partition coefficient (Wildman–Crippen LogP) is 2.68. The Bertz CT molecular complexity index is 427. The lowest BCUT2D eigenvalue weighted by Crippen LogP contribution is -2.43. The molecule has 2 aliphatic rings. The van der Waals surface area contributed by atoms with Crippen molar-refractivity contribution in [3.8, 4) is 0 Å². The first-order valence-electron chi connectivity index (χ1n) is 7.97. The fourth-order valence-corrected chi connectivity index (χ4v) is 3.13. The third-order valence-electron chi connectivity index (χ3n) is 4.71. The second-order valence-corrected chi connectivity index (χ2v) is 6.35. The van der Waals surface area contributed by atoms with E-state index in [1.807, 2.05) is 0 Å². The lowest BCUT2D eigenvalue weighted by atomic mass is 9.91. The molecule has 0 amide bonds. The Morgan fingerprint density at radius 2 is 1.80 bits per heavy atom. The van der Waals surface area contributed by atoms with Gasteiger partial charge in [-0.1, -0.05) is 25.0 Å². The smallest absolute Gasteiger partial charge is 0.0743 e. The number of benzene rings is 1. The maximum atomic E-state index is 10.2. The van der Waals surface area contributed by atoms with E-state index < -0.39 is 0 Å². The van der Waals surface area contributed by atoms with Crippen LogP contribution in [0.1, 0.15) is 44.1 Å². The number of likely N-dealkylation sites (N-methyl/N-ethyl adjacent to an activating group) is 1. The molecule has 3 nitrogen and oxygen atoms in total. The molecule has 0 aromatic heterocycles. The summed E-state index contributed by atoms with van der Waals surface area (Å²) >= 11 is 0. The van der Waals surface area contributed by atoms with Crippen LogP contribution in [0.15, 0.2) is 24.3 Å². The van der Waals surface area contributed by atoms with Gasteiger partial charge in [-0.05, 0) is 43.4 Å². The van der Waals surface area contributed by atoms with Gasteiger partial charge in [0.2, 0.25) is 0 Å². The zero-order valence-corrected chi connectivity index (χ0v) is 12.4. The van der Waals surface area contributed by atoms with Crippen LogP contribution in [0.4, 0.5) is 5.69 Å². The Morgan fingerprint density at radius 3 is 2.45 bits per heavy atom. The second kappa shape index (κ2) is 6.15. The van der Waals surface area contributed by atoms with Crippen LogP contribution >= 0.6 is 0 Å². The summed E-state index contributed by atoms with van der Waals surface area (Å²) in [6.07, 6.45) is 6.93. The molecule has 110 valence electrons. The van der Waals surface area contributed by atoms with Gasteiger partial charge in [-0.15, -0.1) is 0 Å². The Kier molecular flexibility index (Phi) is 4.27. The first-order valence-corrected chi connectivity index (χ1v) is 7.97. The number of nitrogens with one attached hydrogen (secondary N) is 1. The standard InChI is InChI=1S/C17H26N2O/c1-19(16-4-2-3-5-17(16)20)15-10-6-13(7-11-15)12-18-14-8-9-14/h6-7,10-11,14,16-18,20H,2-5,8-9,12H2,1H3. The number of anilines is 1. The molecule has 0 spiro atoms. The molecule has 1 aromatic carbocycles. The van der Waals surface area contributed by atoms with Gasteiger partial charge < -0.3 is 15.3 Å². The minimum absolute atomic E-state index is 0.176. The summed E-state index contributed by atoms with van der Waals surface area (Å²) in [4.78, 5) is 2.25. The maximum Gasteiger partial charge on any atom is 0.0743 e. The minimum Gasteiger partial charge on any atom is -0.391 e. The van der Waals surface area contributed by atoms with Crippen LogP contribution in [-0.2, 0) is 6.54 Å². The lowest BCUT2D eigenvalue weighted by Gasteiger charge is -2.36. The van der Waals surface area contributed by atoms with E-state index in [-0.39, 0.29) is 12.1 Å². The first-order chi connectivity index (χ1) is 9.74. The highest BCUT2D eigenvalue weighted by molar-refractivity contribution is 5.48. The van der Waals surface area contributed by atoms with Crippen molar-refractivity contribution < 1.29 is 5.11 Å². The lowest BCUT2D eigenvalue weighted by molar-refractivity contribution is 0.106. The maximum absolute atomic E-state index is 10.2. The van der Waals surface area contributed by atoms with E-state index in [0.29, 0.717) is 0 Å². The number of rotatable bonds is 5. The van der Waals surface area contributed by atoms with Crippen molar-refractivity contribution in [2.75, 3.05) is 11.9 Å². The van der Waals surface area contributed by atoms with Crippen molar-refractivity contribution >= 4 is 5.69 Å². The molecule has 1 aromatic rings. The van der Waals surface area contributed by atoms with Gasteiger partial charge in [-0.3, -0.25) is 0 Å². The quantitative estimate of drug-likeness (QED) is 0.866. The summed E-state index contributed by atoms with van der Waals surface area (Å²) in [6, 6.07) is 9.82. The summed E-state index contributed by atoms with van der Waals surface area (Å²) < 4.78 is 0. The fourth-order valence-electron chi connectivity index (χ4n) is 3.13. The zero-order chi connectivity index (χ0) is 13.9. The normalized spacial score (nSPS) is 26.5. The Hall–Kier alpha value is -1.06. The number of aliphatic hydroxyl groups excluding tert-OH is 1. The van der Waals surface area contributed by atoms with Gasteiger partial charge in [0.1, 0.15) is 0 Å². The van der Waals surface area contributed by atoms with Gasteiger partial charge >= 0.3 is 0 Å². The molecule has 2 N–H and O–H groups in total. The van der Waals surface area contributed by atoms with Crippen LogP contribution in [0, 0.1) is 0 Å². The molecule has 0 aliphatic heterocycles. The van der Waals surface area contributed by atoms with Crippen LogP contribution in [0.2, 0.25) is 0 Å². The van der Waals surface area contributed by atoms with Crippen LogP contribution in [0.25, 0.3) is 0 Å². The van der Waals surface area contributed by atoms with E-state index in [2.05, 4.69) is 41.5 Å². The Balaban J connectivity index is 1.60. The van der Waals surface area contributed by atoms with Crippen molar-refractivity contribution in [2.45, 2.75) is 63.3 Å². The van der Waals surface area contributed by atoms with Gasteiger partial charge in [0, 0.05) is 25.3 Å². The van der Waals surface area contributed by atoms with Gasteiger partial charge in [0.25, 0.3) is 0 Å². The molecule has 3 rings (SSSR count). The average molecular weight is 274 g/mol. The van der Waals surface area contributed by atoms with Crippen LogP contribution in [-0.4, -0.2) is 30.3 Å². The molecule has 0 radical (unpaired) electrons. The van der Waals surface area contributed by atoms with Crippen molar-refractivity contribution in [3.05, 3.63) is 29.8 Å². The topological polar surface area (TPSA) is 35.5 Å². The van der Waals surface area contributed by atoms with Crippen molar-refractivity contribution in [3.63, 3.8) is 0 Å². The number of hydrogen-bond donors (Lipinski definition) is 2. The molecule has 2 saturated carbocycles. The van der Waals surface area contributed by atoms with Gasteiger partial charge in [0.05, 0.1) is 12.1 Å². The second-order valence-electron chi connectivity index (χ2n) is 6.35. The molecular weight excluding hydrogens is 248 g/mol. The molecule has 0 saturated heterocycles. The third-order valence-corrected chi connectivity index (χ3v) is 4.71. The van der Waals surface area contributed by atoms with Crippen molar-refractivity contribution in [1.29, 1.82) is 0 Å². The molecule has 3 heteroatoms. The molecule has 2 aliphatic carbocycles. The molecule has 0 heterocycles. The SMILES string of the molecule is CN(c1ccc(CNC2CC2)cc1)C1CCCCC1O. The van der Waals surface area contributed by atoms with Crippen molar-refractivity contribution in [1.82, 2.24) is 5.32 Å². The molecular formula is C17H26N2O. The van der Waals surface area contributed by atoms with E-state index in [0.717, 1.165) is 31.8 Å². The van der Waals surface area contributed by atoms with E-state index in [1.54, 1.807) is 0 Å². The van der Waals surface area contributed by atoms with Gasteiger partial charge in [-0.2, -0.15) is 0 Å². The minimum atomic E-state index is -0.176. The summed E-state index contributed by atoms with van der Waals surface area (Å²) in [7, 11) is 2.11. The Morgan fingerprint density at radius 1 is 1.10 bits per heavy atom. The summed E-state index contributed by atoms with van der Waals surface area (Å²) in [5.74, 6) is 0. The van der Waals surface area contributed by atoms with Crippen LogP contribution in [0.3, 0.4) is 0 Å². The first kappa shape index (κ1) is 13.9. The largest absolute Gasteiger partial charge is 0.391 e. The predicted molar refractivity (Wildman–Crippen MR) is 83.0 cm³/mol.